The van der Waals surface area contributed by atoms with Crippen LogP contribution in [0.5, 0.6) is 5.75 Å². The molecule has 1 aliphatic rings. The lowest BCUT2D eigenvalue weighted by Gasteiger charge is -2.17. The number of hydrogen-bond acceptors (Lipinski definition) is 3. The van der Waals surface area contributed by atoms with Gasteiger partial charge in [-0.05, 0) is 17.7 Å². The lowest BCUT2D eigenvalue weighted by molar-refractivity contribution is 0.0962. The third-order valence-corrected chi connectivity index (χ3v) is 3.34. The molecule has 1 heterocycles. The Bertz CT molecular complexity index is 662. The number of rotatable bonds is 3. The van der Waals surface area contributed by atoms with E-state index in [0.29, 0.717) is 23.6 Å². The Morgan fingerprint density at radius 1 is 1.10 bits per heavy atom. The van der Waals surface area contributed by atoms with E-state index >= 15 is 0 Å². The molecule has 0 bridgehead atoms. The predicted molar refractivity (Wildman–Crippen MR) is 78.9 cm³/mol. The molecular formula is C17H15NO2. The van der Waals surface area contributed by atoms with Gasteiger partial charge >= 0.3 is 0 Å². The van der Waals surface area contributed by atoms with Gasteiger partial charge in [-0.2, -0.15) is 0 Å². The molecule has 2 aromatic carbocycles. The first-order valence-corrected chi connectivity index (χ1v) is 6.64. The van der Waals surface area contributed by atoms with E-state index in [-0.39, 0.29) is 11.7 Å². The molecule has 100 valence electrons. The van der Waals surface area contributed by atoms with Crippen molar-refractivity contribution in [2.24, 2.45) is 10.9 Å². The summed E-state index contributed by atoms with van der Waals surface area (Å²) in [6.45, 7) is 2.32. The van der Waals surface area contributed by atoms with Crippen molar-refractivity contribution < 1.29 is 9.53 Å². The number of carbonyl (C=O) groups is 1. The Balaban J connectivity index is 1.86. The van der Waals surface area contributed by atoms with Gasteiger partial charge in [-0.3, -0.25) is 9.79 Å². The summed E-state index contributed by atoms with van der Waals surface area (Å²) >= 11 is 0. The average Bonchev–Trinajstić information content (AvgIpc) is 2.50. The first-order valence-electron chi connectivity index (χ1n) is 6.64. The van der Waals surface area contributed by atoms with E-state index in [2.05, 4.69) is 4.99 Å². The van der Waals surface area contributed by atoms with E-state index in [1.807, 2.05) is 49.4 Å². The van der Waals surface area contributed by atoms with Crippen LogP contribution in [0.2, 0.25) is 0 Å². The molecule has 0 N–H and O–H groups in total. The number of carbonyl (C=O) groups excluding carboxylic acids is 1. The standard InChI is InChI=1S/C17H15NO2/c1-12-10-18-16-14(17(12)19)8-5-9-15(16)20-11-13-6-3-2-4-7-13/h2-10,12H,11H2,1H3. The minimum atomic E-state index is -0.160. The third kappa shape index (κ3) is 2.35. The molecule has 0 spiro atoms. The molecule has 1 unspecified atom stereocenters. The fourth-order valence-electron chi connectivity index (χ4n) is 2.21. The summed E-state index contributed by atoms with van der Waals surface area (Å²) in [6, 6.07) is 15.4. The summed E-state index contributed by atoms with van der Waals surface area (Å²) in [5.41, 5.74) is 2.38. The molecule has 0 fully saturated rings. The number of hydrogen-bond donors (Lipinski definition) is 0. The Hall–Kier alpha value is -2.42. The Labute approximate surface area is 117 Å². The van der Waals surface area contributed by atoms with Gasteiger partial charge < -0.3 is 4.74 Å². The Morgan fingerprint density at radius 2 is 1.90 bits per heavy atom. The lowest BCUT2D eigenvalue weighted by Crippen LogP contribution is -2.16. The molecule has 0 saturated heterocycles. The van der Waals surface area contributed by atoms with Gasteiger partial charge in [0.15, 0.2) is 5.78 Å². The molecule has 20 heavy (non-hydrogen) atoms. The van der Waals surface area contributed by atoms with Gasteiger partial charge in [-0.15, -0.1) is 0 Å². The van der Waals surface area contributed by atoms with Gasteiger partial charge in [0.25, 0.3) is 0 Å². The fourth-order valence-corrected chi connectivity index (χ4v) is 2.21. The minimum Gasteiger partial charge on any atom is -0.487 e. The SMILES string of the molecule is CC1C=Nc2c(OCc3ccccc3)cccc2C1=O. The van der Waals surface area contributed by atoms with Crippen LogP contribution >= 0.6 is 0 Å². The van der Waals surface area contributed by atoms with Crippen LogP contribution < -0.4 is 4.74 Å². The van der Waals surface area contributed by atoms with Gasteiger partial charge in [0, 0.05) is 11.8 Å². The highest BCUT2D eigenvalue weighted by atomic mass is 16.5. The maximum atomic E-state index is 12.1. The van der Waals surface area contributed by atoms with Gasteiger partial charge in [-0.25, -0.2) is 0 Å². The summed E-state index contributed by atoms with van der Waals surface area (Å²) < 4.78 is 5.81. The molecule has 3 rings (SSSR count). The van der Waals surface area contributed by atoms with Crippen LogP contribution in [0.1, 0.15) is 22.8 Å². The van der Waals surface area contributed by atoms with Crippen molar-refractivity contribution in [3.63, 3.8) is 0 Å². The summed E-state index contributed by atoms with van der Waals surface area (Å²) in [5.74, 6) is 0.592. The van der Waals surface area contributed by atoms with Crippen LogP contribution in [0.15, 0.2) is 53.5 Å². The van der Waals surface area contributed by atoms with E-state index in [9.17, 15) is 4.79 Å². The second-order valence-electron chi connectivity index (χ2n) is 4.86. The van der Waals surface area contributed by atoms with Crippen LogP contribution in [0, 0.1) is 5.92 Å². The zero-order valence-corrected chi connectivity index (χ0v) is 11.2. The zero-order valence-electron chi connectivity index (χ0n) is 11.2. The highest BCUT2D eigenvalue weighted by Gasteiger charge is 2.23. The van der Waals surface area contributed by atoms with Crippen molar-refractivity contribution >= 4 is 17.7 Å². The number of aliphatic imine (C=N–C) groups is 1. The minimum absolute atomic E-state index is 0.0974. The summed E-state index contributed by atoms with van der Waals surface area (Å²) in [4.78, 5) is 16.5. The second kappa shape index (κ2) is 5.29. The molecule has 2 aromatic rings. The molecule has 1 atom stereocenters. The topological polar surface area (TPSA) is 38.7 Å². The Morgan fingerprint density at radius 3 is 2.70 bits per heavy atom. The van der Waals surface area contributed by atoms with Gasteiger partial charge in [-0.1, -0.05) is 43.3 Å². The third-order valence-electron chi connectivity index (χ3n) is 3.34. The molecule has 0 aliphatic carbocycles. The number of fused-ring (bicyclic) bond motifs is 1. The molecule has 3 heteroatoms. The predicted octanol–water partition coefficient (Wildman–Crippen LogP) is 3.80. The first kappa shape index (κ1) is 12.6. The van der Waals surface area contributed by atoms with E-state index in [1.54, 1.807) is 12.3 Å². The summed E-state index contributed by atoms with van der Waals surface area (Å²) in [6.07, 6.45) is 1.68. The number of ketones is 1. The highest BCUT2D eigenvalue weighted by Crippen LogP contribution is 2.35. The molecule has 0 saturated carbocycles. The smallest absolute Gasteiger partial charge is 0.173 e. The van der Waals surface area contributed by atoms with Gasteiger partial charge in [0.05, 0.1) is 5.92 Å². The van der Waals surface area contributed by atoms with Crippen molar-refractivity contribution in [3.8, 4) is 5.75 Å². The summed E-state index contributed by atoms with van der Waals surface area (Å²) in [5, 5.41) is 0. The van der Waals surface area contributed by atoms with Crippen molar-refractivity contribution in [1.82, 2.24) is 0 Å². The van der Waals surface area contributed by atoms with Crippen LogP contribution in [0.4, 0.5) is 5.69 Å². The van der Waals surface area contributed by atoms with E-state index in [4.69, 9.17) is 4.74 Å². The highest BCUT2D eigenvalue weighted by molar-refractivity contribution is 6.12. The van der Waals surface area contributed by atoms with Crippen LogP contribution in [-0.4, -0.2) is 12.0 Å². The van der Waals surface area contributed by atoms with Crippen molar-refractivity contribution in [2.45, 2.75) is 13.5 Å². The maximum Gasteiger partial charge on any atom is 0.173 e. The van der Waals surface area contributed by atoms with Crippen LogP contribution in [-0.2, 0) is 6.61 Å². The molecule has 0 aromatic heterocycles. The second-order valence-corrected chi connectivity index (χ2v) is 4.86. The van der Waals surface area contributed by atoms with Crippen molar-refractivity contribution in [3.05, 3.63) is 59.7 Å². The van der Waals surface area contributed by atoms with Crippen LogP contribution in [0.25, 0.3) is 0 Å². The van der Waals surface area contributed by atoms with Crippen molar-refractivity contribution in [1.29, 1.82) is 0 Å². The van der Waals surface area contributed by atoms with Crippen LogP contribution in [0.3, 0.4) is 0 Å². The maximum absolute atomic E-state index is 12.1. The van der Waals surface area contributed by atoms with E-state index in [1.165, 1.54) is 0 Å². The molecule has 3 nitrogen and oxygen atoms in total. The molecule has 0 radical (unpaired) electrons. The lowest BCUT2D eigenvalue weighted by atomic mass is 9.96. The Kier molecular flexibility index (Phi) is 3.33. The number of nitrogens with zero attached hydrogens (tertiary/aromatic N) is 1. The molecular weight excluding hydrogens is 250 g/mol. The zero-order chi connectivity index (χ0) is 13.9. The van der Waals surface area contributed by atoms with E-state index in [0.717, 1.165) is 5.56 Å². The molecule has 0 amide bonds. The van der Waals surface area contributed by atoms with Gasteiger partial charge in [0.1, 0.15) is 18.0 Å². The van der Waals surface area contributed by atoms with Gasteiger partial charge in [0.2, 0.25) is 0 Å². The number of ether oxygens (including phenoxy) is 1. The normalized spacial score (nSPS) is 16.9. The first-order chi connectivity index (χ1) is 9.75. The molecule has 1 aliphatic heterocycles. The van der Waals surface area contributed by atoms with E-state index < -0.39 is 0 Å². The largest absolute Gasteiger partial charge is 0.487 e. The monoisotopic (exact) mass is 265 g/mol. The number of benzene rings is 2. The quantitative estimate of drug-likeness (QED) is 0.846. The fraction of sp³-hybridized carbons (Fsp3) is 0.176. The average molecular weight is 265 g/mol. The number of para-hydroxylation sites is 1. The number of Topliss-reactive ketones (excluding diaryl/α,β-unsaturated/α-hetero) is 1. The van der Waals surface area contributed by atoms with Crippen molar-refractivity contribution in [2.75, 3.05) is 0 Å². The summed E-state index contributed by atoms with van der Waals surface area (Å²) in [7, 11) is 0.